The highest BCUT2D eigenvalue weighted by Crippen LogP contribution is 2.25. The summed E-state index contributed by atoms with van der Waals surface area (Å²) in [6.07, 6.45) is 2.35. The lowest BCUT2D eigenvalue weighted by Gasteiger charge is -2.15. The van der Waals surface area contributed by atoms with Crippen molar-refractivity contribution >= 4 is 27.7 Å². The quantitative estimate of drug-likeness (QED) is 0.747. The molecule has 0 bridgehead atoms. The number of anilines is 1. The summed E-state index contributed by atoms with van der Waals surface area (Å²) in [7, 11) is 1.85. The van der Waals surface area contributed by atoms with Crippen molar-refractivity contribution in [1.82, 2.24) is 9.78 Å². The summed E-state index contributed by atoms with van der Waals surface area (Å²) in [6.45, 7) is 0.795. The second-order valence-corrected chi connectivity index (χ2v) is 4.19. The Morgan fingerprint density at radius 3 is 3.00 bits per heavy atom. The van der Waals surface area contributed by atoms with Crippen molar-refractivity contribution in [1.29, 1.82) is 0 Å². The second kappa shape index (κ2) is 3.73. The monoisotopic (exact) mass is 257 g/mol. The Kier molecular flexibility index (Phi) is 2.58. The minimum Gasteiger partial charge on any atom is -0.297 e. The van der Waals surface area contributed by atoms with Crippen LogP contribution >= 0.6 is 15.9 Å². The molecule has 0 radical (unpaired) electrons. The van der Waals surface area contributed by atoms with Crippen LogP contribution in [0.4, 0.5) is 5.82 Å². The number of carbonyl (C=O) groups is 1. The topological polar surface area (TPSA) is 38.1 Å². The number of alkyl halides is 1. The van der Waals surface area contributed by atoms with Crippen molar-refractivity contribution in [2.24, 2.45) is 13.0 Å². The Labute approximate surface area is 91.0 Å². The smallest absolute Gasteiger partial charge is 0.228 e. The average Bonchev–Trinajstić information content (AvgIpc) is 2.72. The Morgan fingerprint density at radius 1 is 1.71 bits per heavy atom. The SMILES string of the molecule is Cn1nccc1N1CC(CBr)CC1=O. The van der Waals surface area contributed by atoms with E-state index in [-0.39, 0.29) is 5.91 Å². The Hall–Kier alpha value is -0.840. The molecule has 4 nitrogen and oxygen atoms in total. The molecule has 1 unspecified atom stereocenters. The standard InChI is InChI=1S/C9H12BrN3O/c1-12-8(2-3-11-12)13-6-7(5-10)4-9(13)14/h2-3,7H,4-6H2,1H3. The lowest BCUT2D eigenvalue weighted by Crippen LogP contribution is -2.26. The number of hydrogen-bond donors (Lipinski definition) is 0. The van der Waals surface area contributed by atoms with Crippen LogP contribution in [-0.2, 0) is 11.8 Å². The van der Waals surface area contributed by atoms with Gasteiger partial charge in [0.25, 0.3) is 0 Å². The number of hydrogen-bond acceptors (Lipinski definition) is 2. The molecule has 1 aliphatic heterocycles. The van der Waals surface area contributed by atoms with Crippen LogP contribution in [0.3, 0.4) is 0 Å². The fraction of sp³-hybridized carbons (Fsp3) is 0.556. The number of aromatic nitrogens is 2. The summed E-state index contributed by atoms with van der Waals surface area (Å²) in [5, 5.41) is 4.94. The van der Waals surface area contributed by atoms with Gasteiger partial charge in [0.05, 0.1) is 6.20 Å². The molecule has 1 aliphatic rings. The summed E-state index contributed by atoms with van der Waals surface area (Å²) in [5.41, 5.74) is 0. The first kappa shape index (κ1) is 9.71. The predicted molar refractivity (Wildman–Crippen MR) is 57.5 cm³/mol. The molecule has 1 fully saturated rings. The maximum absolute atomic E-state index is 11.7. The molecule has 1 amide bonds. The Morgan fingerprint density at radius 2 is 2.50 bits per heavy atom. The molecule has 5 heteroatoms. The normalized spacial score (nSPS) is 22.0. The molecule has 1 aromatic heterocycles. The molecular weight excluding hydrogens is 246 g/mol. The fourth-order valence-electron chi connectivity index (χ4n) is 1.74. The van der Waals surface area contributed by atoms with E-state index in [4.69, 9.17) is 0 Å². The van der Waals surface area contributed by atoms with Crippen LogP contribution in [0.2, 0.25) is 0 Å². The summed E-state index contributed by atoms with van der Waals surface area (Å²) in [5.74, 6) is 1.51. The lowest BCUT2D eigenvalue weighted by molar-refractivity contribution is -0.117. The molecular formula is C9H12BrN3O. The largest absolute Gasteiger partial charge is 0.297 e. The van der Waals surface area contributed by atoms with Crippen molar-refractivity contribution in [3.8, 4) is 0 Å². The summed E-state index contributed by atoms with van der Waals surface area (Å²) in [6, 6.07) is 1.87. The van der Waals surface area contributed by atoms with Crippen LogP contribution < -0.4 is 4.90 Å². The zero-order chi connectivity index (χ0) is 10.1. The average molecular weight is 258 g/mol. The van der Waals surface area contributed by atoms with Crippen LogP contribution in [0.5, 0.6) is 0 Å². The van der Waals surface area contributed by atoms with Gasteiger partial charge in [-0.15, -0.1) is 0 Å². The minimum absolute atomic E-state index is 0.193. The van der Waals surface area contributed by atoms with Crippen molar-refractivity contribution in [3.63, 3.8) is 0 Å². The Balaban J connectivity index is 2.20. The molecule has 0 spiro atoms. The van der Waals surface area contributed by atoms with Crippen LogP contribution in [-0.4, -0.2) is 27.6 Å². The van der Waals surface area contributed by atoms with Gasteiger partial charge in [0.15, 0.2) is 0 Å². The second-order valence-electron chi connectivity index (χ2n) is 3.54. The van der Waals surface area contributed by atoms with Crippen molar-refractivity contribution in [2.45, 2.75) is 6.42 Å². The molecule has 14 heavy (non-hydrogen) atoms. The van der Waals surface area contributed by atoms with Gasteiger partial charge in [-0.2, -0.15) is 5.10 Å². The van der Waals surface area contributed by atoms with Crippen LogP contribution in [0.15, 0.2) is 12.3 Å². The van der Waals surface area contributed by atoms with E-state index in [1.165, 1.54) is 0 Å². The zero-order valence-corrected chi connectivity index (χ0v) is 9.57. The first-order chi connectivity index (χ1) is 6.72. The lowest BCUT2D eigenvalue weighted by atomic mass is 10.2. The van der Waals surface area contributed by atoms with Gasteiger partial charge >= 0.3 is 0 Å². The number of nitrogens with zero attached hydrogens (tertiary/aromatic N) is 3. The first-order valence-electron chi connectivity index (χ1n) is 4.56. The van der Waals surface area contributed by atoms with Gasteiger partial charge in [0, 0.05) is 31.4 Å². The van der Waals surface area contributed by atoms with E-state index in [0.717, 1.165) is 17.7 Å². The van der Waals surface area contributed by atoms with E-state index in [2.05, 4.69) is 21.0 Å². The predicted octanol–water partition coefficient (Wildman–Crippen LogP) is 1.17. The third kappa shape index (κ3) is 1.56. The van der Waals surface area contributed by atoms with Gasteiger partial charge in [0.2, 0.25) is 5.91 Å². The fourth-order valence-corrected chi connectivity index (χ4v) is 2.17. The summed E-state index contributed by atoms with van der Waals surface area (Å²) in [4.78, 5) is 13.5. The first-order valence-corrected chi connectivity index (χ1v) is 5.69. The molecule has 0 saturated carbocycles. The van der Waals surface area contributed by atoms with E-state index in [9.17, 15) is 4.79 Å². The number of carbonyl (C=O) groups excluding carboxylic acids is 1. The number of rotatable bonds is 2. The third-order valence-corrected chi connectivity index (χ3v) is 3.41. The van der Waals surface area contributed by atoms with E-state index >= 15 is 0 Å². The highest BCUT2D eigenvalue weighted by atomic mass is 79.9. The zero-order valence-electron chi connectivity index (χ0n) is 7.98. The van der Waals surface area contributed by atoms with Gasteiger partial charge in [-0.05, 0) is 5.92 Å². The molecule has 0 aliphatic carbocycles. The molecule has 2 heterocycles. The van der Waals surface area contributed by atoms with Crippen molar-refractivity contribution < 1.29 is 4.79 Å². The van der Waals surface area contributed by atoms with Crippen LogP contribution in [0.1, 0.15) is 6.42 Å². The maximum Gasteiger partial charge on any atom is 0.228 e. The summed E-state index contributed by atoms with van der Waals surface area (Å²) < 4.78 is 1.73. The van der Waals surface area contributed by atoms with Crippen molar-refractivity contribution in [3.05, 3.63) is 12.3 Å². The van der Waals surface area contributed by atoms with E-state index in [0.29, 0.717) is 12.3 Å². The van der Waals surface area contributed by atoms with Gasteiger partial charge in [-0.1, -0.05) is 15.9 Å². The van der Waals surface area contributed by atoms with Gasteiger partial charge in [0.1, 0.15) is 5.82 Å². The van der Waals surface area contributed by atoms with E-state index in [1.807, 2.05) is 13.1 Å². The molecule has 0 aromatic carbocycles. The molecule has 1 aromatic rings. The van der Waals surface area contributed by atoms with Gasteiger partial charge in [-0.3, -0.25) is 14.4 Å². The number of halogens is 1. The highest BCUT2D eigenvalue weighted by molar-refractivity contribution is 9.09. The molecule has 76 valence electrons. The third-order valence-electron chi connectivity index (χ3n) is 2.49. The Bertz CT molecular complexity index is 350. The maximum atomic E-state index is 11.7. The molecule has 1 saturated heterocycles. The van der Waals surface area contributed by atoms with Gasteiger partial charge in [-0.25, -0.2) is 0 Å². The van der Waals surface area contributed by atoms with Crippen molar-refractivity contribution in [2.75, 3.05) is 16.8 Å². The highest BCUT2D eigenvalue weighted by Gasteiger charge is 2.30. The number of aryl methyl sites for hydroxylation is 1. The molecule has 1 atom stereocenters. The molecule has 2 rings (SSSR count). The minimum atomic E-state index is 0.193. The number of amides is 1. The molecule has 0 N–H and O–H groups in total. The van der Waals surface area contributed by atoms with Gasteiger partial charge < -0.3 is 0 Å². The van der Waals surface area contributed by atoms with Crippen LogP contribution in [0, 0.1) is 5.92 Å². The van der Waals surface area contributed by atoms with E-state index in [1.54, 1.807) is 15.8 Å². The van der Waals surface area contributed by atoms with Crippen LogP contribution in [0.25, 0.3) is 0 Å². The summed E-state index contributed by atoms with van der Waals surface area (Å²) >= 11 is 3.41. The van der Waals surface area contributed by atoms with E-state index < -0.39 is 0 Å².